The van der Waals surface area contributed by atoms with Gasteiger partial charge in [-0.2, -0.15) is 0 Å². The molecule has 0 aliphatic carbocycles. The number of pyridine rings is 1. The summed E-state index contributed by atoms with van der Waals surface area (Å²) < 4.78 is 5.48. The van der Waals surface area contributed by atoms with Gasteiger partial charge in [0.05, 0.1) is 5.52 Å². The fraction of sp³-hybridized carbons (Fsp3) is 0.476. The molecule has 6 nitrogen and oxygen atoms in total. The second-order valence-electron chi connectivity index (χ2n) is 7.36. The first-order valence-electron chi connectivity index (χ1n) is 9.72. The Bertz CT molecular complexity index is 824. The molecule has 2 aliphatic rings. The van der Waals surface area contributed by atoms with Crippen LogP contribution in [0.25, 0.3) is 10.9 Å². The number of aromatic nitrogens is 1. The molecule has 3 heterocycles. The number of piperidine rings is 1. The highest BCUT2D eigenvalue weighted by molar-refractivity contribution is 5.83. The number of nitrogens with one attached hydrogen (secondary N) is 1. The predicted molar refractivity (Wildman–Crippen MR) is 102 cm³/mol. The molecule has 27 heavy (non-hydrogen) atoms. The summed E-state index contributed by atoms with van der Waals surface area (Å²) in [6, 6.07) is 10.0. The molecular formula is C21H25N3O3. The van der Waals surface area contributed by atoms with Crippen LogP contribution >= 0.6 is 0 Å². The summed E-state index contributed by atoms with van der Waals surface area (Å²) in [5.74, 6) is 0.118. The number of rotatable bonds is 4. The Balaban J connectivity index is 1.27. The number of hydrogen-bond acceptors (Lipinski definition) is 4. The molecule has 1 N–H and O–H groups in total. The summed E-state index contributed by atoms with van der Waals surface area (Å²) in [6.07, 6.45) is 4.74. The van der Waals surface area contributed by atoms with Crippen molar-refractivity contribution < 1.29 is 14.3 Å². The van der Waals surface area contributed by atoms with Crippen molar-refractivity contribution >= 4 is 22.7 Å². The largest absolute Gasteiger partial charge is 0.368 e. The summed E-state index contributed by atoms with van der Waals surface area (Å²) in [6.45, 7) is 2.42. The van der Waals surface area contributed by atoms with Crippen molar-refractivity contribution in [2.75, 3.05) is 19.7 Å². The summed E-state index contributed by atoms with van der Waals surface area (Å²) in [7, 11) is 0. The standard InChI is InChI=1S/C21H25N3O3/c25-20(23-14-15-12-17-4-1-2-5-18(17)22-13-15)16-7-9-24(10-8-16)21(26)19-6-3-11-27-19/h1-2,4-5,12-13,16,19H,3,6-11,14H2,(H,23,25)/t19-/m0/s1. The molecule has 0 saturated carbocycles. The van der Waals surface area contributed by atoms with Crippen LogP contribution in [-0.4, -0.2) is 47.5 Å². The lowest BCUT2D eigenvalue weighted by Crippen LogP contribution is -2.46. The predicted octanol–water partition coefficient (Wildman–Crippen LogP) is 2.27. The Morgan fingerprint density at radius 2 is 2.00 bits per heavy atom. The average molecular weight is 367 g/mol. The van der Waals surface area contributed by atoms with Gasteiger partial charge in [0.25, 0.3) is 5.91 Å². The van der Waals surface area contributed by atoms with Crippen molar-refractivity contribution in [2.45, 2.75) is 38.3 Å². The molecule has 2 amide bonds. The number of likely N-dealkylation sites (tertiary alicyclic amines) is 1. The van der Waals surface area contributed by atoms with Gasteiger partial charge < -0.3 is 15.0 Å². The van der Waals surface area contributed by atoms with Gasteiger partial charge in [0, 0.05) is 43.7 Å². The van der Waals surface area contributed by atoms with Crippen molar-refractivity contribution in [3.63, 3.8) is 0 Å². The van der Waals surface area contributed by atoms with E-state index >= 15 is 0 Å². The molecule has 1 atom stereocenters. The van der Waals surface area contributed by atoms with Gasteiger partial charge in [-0.1, -0.05) is 18.2 Å². The normalized spacial score (nSPS) is 20.7. The van der Waals surface area contributed by atoms with E-state index in [1.165, 1.54) is 0 Å². The molecule has 0 bridgehead atoms. The van der Waals surface area contributed by atoms with Gasteiger partial charge in [0.1, 0.15) is 6.10 Å². The number of carbonyl (C=O) groups is 2. The third kappa shape index (κ3) is 4.11. The van der Waals surface area contributed by atoms with Crippen LogP contribution in [0.3, 0.4) is 0 Å². The first-order valence-corrected chi connectivity index (χ1v) is 9.72. The van der Waals surface area contributed by atoms with Crippen LogP contribution in [0, 0.1) is 5.92 Å². The smallest absolute Gasteiger partial charge is 0.251 e. The SMILES string of the molecule is O=C(NCc1cnc2ccccc2c1)C1CCN(C(=O)[C@@H]2CCCO2)CC1. The number of nitrogens with zero attached hydrogens (tertiary/aromatic N) is 2. The van der Waals surface area contributed by atoms with Crippen molar-refractivity contribution in [3.05, 3.63) is 42.1 Å². The molecule has 1 aromatic carbocycles. The van der Waals surface area contributed by atoms with E-state index in [-0.39, 0.29) is 23.8 Å². The molecule has 0 unspecified atom stereocenters. The third-order valence-corrected chi connectivity index (χ3v) is 5.50. The van der Waals surface area contributed by atoms with Gasteiger partial charge in [0.15, 0.2) is 0 Å². The number of ether oxygens (including phenoxy) is 1. The number of carbonyl (C=O) groups excluding carboxylic acids is 2. The van der Waals surface area contributed by atoms with Crippen molar-refractivity contribution in [1.29, 1.82) is 0 Å². The van der Waals surface area contributed by atoms with Crippen LogP contribution in [0.2, 0.25) is 0 Å². The minimum Gasteiger partial charge on any atom is -0.368 e. The highest BCUT2D eigenvalue weighted by atomic mass is 16.5. The lowest BCUT2D eigenvalue weighted by molar-refractivity contribution is -0.143. The highest BCUT2D eigenvalue weighted by Gasteiger charge is 2.32. The summed E-state index contributed by atoms with van der Waals surface area (Å²) in [4.78, 5) is 31.2. The minimum absolute atomic E-state index is 0.0352. The Labute approximate surface area is 158 Å². The van der Waals surface area contributed by atoms with Gasteiger partial charge in [0.2, 0.25) is 5.91 Å². The van der Waals surface area contributed by atoms with Crippen LogP contribution in [0.15, 0.2) is 36.5 Å². The molecule has 2 aromatic rings. The maximum absolute atomic E-state index is 12.5. The maximum atomic E-state index is 12.5. The lowest BCUT2D eigenvalue weighted by Gasteiger charge is -2.32. The molecule has 2 saturated heterocycles. The van der Waals surface area contributed by atoms with E-state index in [1.807, 2.05) is 35.4 Å². The van der Waals surface area contributed by atoms with E-state index in [4.69, 9.17) is 4.74 Å². The van der Waals surface area contributed by atoms with Crippen LogP contribution in [-0.2, 0) is 20.9 Å². The van der Waals surface area contributed by atoms with E-state index in [9.17, 15) is 9.59 Å². The third-order valence-electron chi connectivity index (χ3n) is 5.50. The van der Waals surface area contributed by atoms with Crippen LogP contribution in [0.5, 0.6) is 0 Å². The fourth-order valence-corrected chi connectivity index (χ4v) is 3.88. The topological polar surface area (TPSA) is 71.5 Å². The molecule has 0 spiro atoms. The van der Waals surface area contributed by atoms with Crippen molar-refractivity contribution in [2.24, 2.45) is 5.92 Å². The molecule has 0 radical (unpaired) electrons. The van der Waals surface area contributed by atoms with Crippen LogP contribution in [0.4, 0.5) is 0 Å². The zero-order valence-electron chi connectivity index (χ0n) is 15.4. The Kier molecular flexibility index (Phi) is 5.34. The highest BCUT2D eigenvalue weighted by Crippen LogP contribution is 2.21. The number of fused-ring (bicyclic) bond motifs is 1. The van der Waals surface area contributed by atoms with Gasteiger partial charge in [-0.3, -0.25) is 14.6 Å². The quantitative estimate of drug-likeness (QED) is 0.900. The first kappa shape index (κ1) is 17.9. The summed E-state index contributed by atoms with van der Waals surface area (Å²) in [5, 5.41) is 4.10. The second kappa shape index (κ2) is 8.05. The molecular weight excluding hydrogens is 342 g/mol. The van der Waals surface area contributed by atoms with Gasteiger partial charge >= 0.3 is 0 Å². The fourth-order valence-electron chi connectivity index (χ4n) is 3.88. The molecule has 2 fully saturated rings. The lowest BCUT2D eigenvalue weighted by atomic mass is 9.95. The first-order chi connectivity index (χ1) is 13.2. The number of benzene rings is 1. The molecule has 6 heteroatoms. The number of para-hydroxylation sites is 1. The Morgan fingerprint density at radius 1 is 1.19 bits per heavy atom. The Hall–Kier alpha value is -2.47. The average Bonchev–Trinajstić information content (AvgIpc) is 3.26. The second-order valence-corrected chi connectivity index (χ2v) is 7.36. The van der Waals surface area contributed by atoms with E-state index in [0.29, 0.717) is 39.1 Å². The van der Waals surface area contributed by atoms with Crippen LogP contribution < -0.4 is 5.32 Å². The number of amides is 2. The monoisotopic (exact) mass is 367 g/mol. The summed E-state index contributed by atoms with van der Waals surface area (Å²) >= 11 is 0. The van der Waals surface area contributed by atoms with Gasteiger partial charge in [-0.05, 0) is 43.4 Å². The van der Waals surface area contributed by atoms with E-state index in [1.54, 1.807) is 0 Å². The molecule has 142 valence electrons. The zero-order valence-corrected chi connectivity index (χ0v) is 15.4. The van der Waals surface area contributed by atoms with E-state index in [2.05, 4.69) is 16.4 Å². The van der Waals surface area contributed by atoms with E-state index < -0.39 is 0 Å². The van der Waals surface area contributed by atoms with Crippen molar-refractivity contribution in [3.8, 4) is 0 Å². The molecule has 1 aromatic heterocycles. The zero-order chi connectivity index (χ0) is 18.6. The number of hydrogen-bond donors (Lipinski definition) is 1. The van der Waals surface area contributed by atoms with Crippen molar-refractivity contribution in [1.82, 2.24) is 15.2 Å². The maximum Gasteiger partial charge on any atom is 0.251 e. The van der Waals surface area contributed by atoms with Gasteiger partial charge in [-0.15, -0.1) is 0 Å². The van der Waals surface area contributed by atoms with Gasteiger partial charge in [-0.25, -0.2) is 0 Å². The van der Waals surface area contributed by atoms with Crippen LogP contribution in [0.1, 0.15) is 31.2 Å². The summed E-state index contributed by atoms with van der Waals surface area (Å²) in [5.41, 5.74) is 1.95. The molecule has 2 aliphatic heterocycles. The molecule has 4 rings (SSSR count). The van der Waals surface area contributed by atoms with E-state index in [0.717, 1.165) is 29.3 Å². The Morgan fingerprint density at radius 3 is 2.78 bits per heavy atom. The minimum atomic E-state index is -0.268.